The minimum atomic E-state index is -2.42. The van der Waals surface area contributed by atoms with E-state index in [0.29, 0.717) is 11.2 Å². The molecule has 0 unspecified atom stereocenters. The number of benzene rings is 2. The van der Waals surface area contributed by atoms with Gasteiger partial charge in [-0.1, -0.05) is 93.2 Å². The zero-order chi connectivity index (χ0) is 21.0. The number of aromatic nitrogens is 2. The van der Waals surface area contributed by atoms with Crippen molar-refractivity contribution in [3.8, 4) is 0 Å². The summed E-state index contributed by atoms with van der Waals surface area (Å²) in [6.45, 7) is 7.84. The van der Waals surface area contributed by atoms with Gasteiger partial charge in [-0.3, -0.25) is 0 Å². The molecule has 1 heterocycles. The van der Waals surface area contributed by atoms with Gasteiger partial charge in [0, 0.05) is 24.3 Å². The van der Waals surface area contributed by atoms with Crippen molar-refractivity contribution in [2.45, 2.75) is 49.1 Å². The average Bonchev–Trinajstić information content (AvgIpc) is 2.73. The third-order valence-electron chi connectivity index (χ3n) is 5.96. The van der Waals surface area contributed by atoms with Gasteiger partial charge in [0.05, 0.1) is 0 Å². The van der Waals surface area contributed by atoms with Crippen LogP contribution in [0, 0.1) is 5.92 Å². The van der Waals surface area contributed by atoms with E-state index < -0.39 is 8.32 Å². The first-order valence-electron chi connectivity index (χ1n) is 10.7. The van der Waals surface area contributed by atoms with Crippen LogP contribution in [0.1, 0.15) is 33.6 Å². The quantitative estimate of drug-likeness (QED) is 0.390. The van der Waals surface area contributed by atoms with Gasteiger partial charge in [-0.05, 0) is 40.2 Å². The van der Waals surface area contributed by atoms with Gasteiger partial charge in [0.2, 0.25) is 0 Å². The maximum atomic E-state index is 7.07. The molecule has 0 radical (unpaired) electrons. The van der Waals surface area contributed by atoms with Gasteiger partial charge < -0.3 is 4.43 Å². The van der Waals surface area contributed by atoms with Crippen LogP contribution in [0.3, 0.4) is 0 Å². The van der Waals surface area contributed by atoms with Crippen molar-refractivity contribution in [1.82, 2.24) is 9.97 Å². The molecule has 0 atom stereocenters. The van der Waals surface area contributed by atoms with E-state index in [9.17, 15) is 0 Å². The van der Waals surface area contributed by atoms with Crippen LogP contribution in [0.15, 0.2) is 84.3 Å². The van der Waals surface area contributed by atoms with Gasteiger partial charge >= 0.3 is 0 Å². The Labute approximate surface area is 185 Å². The molecule has 1 saturated carbocycles. The highest BCUT2D eigenvalue weighted by molar-refractivity contribution is 7.99. The molecule has 2 aromatic carbocycles. The zero-order valence-corrected chi connectivity index (χ0v) is 19.8. The Bertz CT molecular complexity index is 886. The molecule has 1 aromatic heterocycles. The molecule has 0 aliphatic heterocycles. The third-order valence-corrected chi connectivity index (χ3v) is 12.1. The van der Waals surface area contributed by atoms with Crippen LogP contribution >= 0.6 is 11.8 Å². The topological polar surface area (TPSA) is 35.0 Å². The summed E-state index contributed by atoms with van der Waals surface area (Å²) in [4.78, 5) is 8.70. The molecule has 1 aliphatic carbocycles. The van der Waals surface area contributed by atoms with Crippen molar-refractivity contribution >= 4 is 30.5 Å². The van der Waals surface area contributed by atoms with Gasteiger partial charge in [-0.25, -0.2) is 9.97 Å². The second-order valence-electron chi connectivity index (χ2n) is 9.08. The van der Waals surface area contributed by atoms with Crippen LogP contribution in [0.5, 0.6) is 0 Å². The summed E-state index contributed by atoms with van der Waals surface area (Å²) in [5.74, 6) is 0.605. The van der Waals surface area contributed by atoms with Gasteiger partial charge in [0.15, 0.2) is 5.16 Å². The molecule has 156 valence electrons. The van der Waals surface area contributed by atoms with Crippen LogP contribution in [-0.2, 0) is 4.43 Å². The van der Waals surface area contributed by atoms with E-state index in [1.807, 2.05) is 18.5 Å². The van der Waals surface area contributed by atoms with Gasteiger partial charge in [0.25, 0.3) is 8.32 Å². The van der Waals surface area contributed by atoms with Crippen LogP contribution in [0.25, 0.3) is 0 Å². The predicted octanol–water partition coefficient (Wildman–Crippen LogP) is 4.92. The largest absolute Gasteiger partial charge is 0.407 e. The van der Waals surface area contributed by atoms with E-state index in [-0.39, 0.29) is 5.04 Å². The fourth-order valence-corrected chi connectivity index (χ4v) is 10.3. The lowest BCUT2D eigenvalue weighted by molar-refractivity contribution is 0.177. The molecular formula is C25H30N2OSSi. The number of thioether (sulfide) groups is 1. The molecule has 1 aliphatic rings. The molecule has 3 aromatic rings. The minimum Gasteiger partial charge on any atom is -0.407 e. The maximum absolute atomic E-state index is 7.07. The van der Waals surface area contributed by atoms with Crippen molar-refractivity contribution in [2.24, 2.45) is 5.92 Å². The lowest BCUT2D eigenvalue weighted by Crippen LogP contribution is -2.67. The van der Waals surface area contributed by atoms with Crippen molar-refractivity contribution in [3.05, 3.63) is 79.1 Å². The molecular weight excluding hydrogens is 404 g/mol. The monoisotopic (exact) mass is 434 g/mol. The van der Waals surface area contributed by atoms with E-state index in [4.69, 9.17) is 4.43 Å². The highest BCUT2D eigenvalue weighted by atomic mass is 32.2. The zero-order valence-electron chi connectivity index (χ0n) is 18.0. The first kappa shape index (κ1) is 21.3. The molecule has 0 bridgehead atoms. The Balaban J connectivity index is 1.52. The Hall–Kier alpha value is -1.95. The second kappa shape index (κ2) is 9.04. The molecule has 0 amide bonds. The summed E-state index contributed by atoms with van der Waals surface area (Å²) in [6.07, 6.45) is 5.97. The molecule has 0 N–H and O–H groups in total. The molecule has 0 spiro atoms. The number of hydrogen-bond acceptors (Lipinski definition) is 4. The highest BCUT2D eigenvalue weighted by Crippen LogP contribution is 2.42. The van der Waals surface area contributed by atoms with Gasteiger partial charge in [-0.15, -0.1) is 0 Å². The lowest BCUT2D eigenvalue weighted by Gasteiger charge is -2.45. The summed E-state index contributed by atoms with van der Waals surface area (Å²) >= 11 is 1.80. The van der Waals surface area contributed by atoms with E-state index in [2.05, 4.69) is 91.4 Å². The highest BCUT2D eigenvalue weighted by Gasteiger charge is 2.50. The molecule has 5 heteroatoms. The number of nitrogens with zero attached hydrogens (tertiary/aromatic N) is 2. The summed E-state index contributed by atoms with van der Waals surface area (Å²) in [7, 11) is -2.42. The van der Waals surface area contributed by atoms with Crippen LogP contribution in [-0.4, -0.2) is 30.1 Å². The Morgan fingerprint density at radius 2 is 1.40 bits per heavy atom. The predicted molar refractivity (Wildman–Crippen MR) is 128 cm³/mol. The third kappa shape index (κ3) is 4.38. The first-order chi connectivity index (χ1) is 14.5. The summed E-state index contributed by atoms with van der Waals surface area (Å²) in [5, 5.41) is 4.22. The van der Waals surface area contributed by atoms with E-state index in [0.717, 1.165) is 11.8 Å². The maximum Gasteiger partial charge on any atom is 0.261 e. The molecule has 1 fully saturated rings. The molecule has 0 saturated heterocycles. The van der Waals surface area contributed by atoms with E-state index in [1.165, 1.54) is 23.2 Å². The first-order valence-corrected chi connectivity index (χ1v) is 13.5. The van der Waals surface area contributed by atoms with Crippen molar-refractivity contribution in [2.75, 3.05) is 6.61 Å². The summed E-state index contributed by atoms with van der Waals surface area (Å²) in [6, 6.07) is 23.7. The van der Waals surface area contributed by atoms with Crippen molar-refractivity contribution in [3.63, 3.8) is 0 Å². The van der Waals surface area contributed by atoms with Gasteiger partial charge in [0.1, 0.15) is 0 Å². The SMILES string of the molecule is CC(C)(C)[Si](OCC1CC(Sc2ncccn2)C1)(c1ccccc1)c1ccccc1. The molecule has 3 nitrogen and oxygen atoms in total. The van der Waals surface area contributed by atoms with Crippen LogP contribution in [0.4, 0.5) is 0 Å². The molecule has 30 heavy (non-hydrogen) atoms. The Morgan fingerprint density at radius 3 is 1.90 bits per heavy atom. The Morgan fingerprint density at radius 1 is 0.867 bits per heavy atom. The fraction of sp³-hybridized carbons (Fsp3) is 0.360. The average molecular weight is 435 g/mol. The standard InChI is InChI=1S/C25H30N2OSSi/c1-25(2,3)30(22-11-6-4-7-12-22,23-13-8-5-9-14-23)28-19-20-17-21(18-20)29-24-26-15-10-16-27-24/h4-16,20-21H,17-19H2,1-3H3. The fourth-order valence-electron chi connectivity index (χ4n) is 4.41. The van der Waals surface area contributed by atoms with Crippen LogP contribution in [0.2, 0.25) is 5.04 Å². The normalized spacial score (nSPS) is 19.3. The van der Waals surface area contributed by atoms with Crippen molar-refractivity contribution < 1.29 is 4.43 Å². The lowest BCUT2D eigenvalue weighted by atomic mass is 9.86. The van der Waals surface area contributed by atoms with E-state index in [1.54, 1.807) is 11.8 Å². The summed E-state index contributed by atoms with van der Waals surface area (Å²) < 4.78 is 7.07. The number of hydrogen-bond donors (Lipinski definition) is 0. The second-order valence-corrected chi connectivity index (χ2v) is 14.7. The molecule has 4 rings (SSSR count). The van der Waals surface area contributed by atoms with Crippen molar-refractivity contribution in [1.29, 1.82) is 0 Å². The van der Waals surface area contributed by atoms with E-state index >= 15 is 0 Å². The smallest absolute Gasteiger partial charge is 0.261 e. The Kier molecular flexibility index (Phi) is 6.42. The summed E-state index contributed by atoms with van der Waals surface area (Å²) in [5.41, 5.74) is 0. The minimum absolute atomic E-state index is 0.0332. The van der Waals surface area contributed by atoms with Gasteiger partial charge in [-0.2, -0.15) is 0 Å². The number of rotatable bonds is 7. The van der Waals surface area contributed by atoms with Crippen LogP contribution < -0.4 is 10.4 Å².